The molecule has 0 bridgehead atoms. The van der Waals surface area contributed by atoms with Gasteiger partial charge in [0.05, 0.1) is 24.2 Å². The average Bonchev–Trinajstić information content (AvgIpc) is 2.67. The van der Waals surface area contributed by atoms with E-state index in [9.17, 15) is 8.42 Å². The van der Waals surface area contributed by atoms with Crippen LogP contribution in [0.3, 0.4) is 0 Å². The molecule has 0 spiro atoms. The van der Waals surface area contributed by atoms with Crippen molar-refractivity contribution in [2.45, 2.75) is 24.8 Å². The SMILES string of the molecule is CC(C)COc1ccc(S(=O)(=O)N2CCOC(c3ccccc3)C2)cc1. The first-order valence-electron chi connectivity index (χ1n) is 8.86. The van der Waals surface area contributed by atoms with E-state index in [-0.39, 0.29) is 11.0 Å². The molecular weight excluding hydrogens is 350 g/mol. The van der Waals surface area contributed by atoms with Crippen molar-refractivity contribution in [3.05, 3.63) is 60.2 Å². The molecule has 140 valence electrons. The van der Waals surface area contributed by atoms with E-state index in [0.717, 1.165) is 5.56 Å². The van der Waals surface area contributed by atoms with Crippen LogP contribution >= 0.6 is 0 Å². The van der Waals surface area contributed by atoms with Gasteiger partial charge in [-0.1, -0.05) is 44.2 Å². The molecule has 1 atom stereocenters. The van der Waals surface area contributed by atoms with Gasteiger partial charge in [0.1, 0.15) is 5.75 Å². The molecule has 1 aliphatic rings. The highest BCUT2D eigenvalue weighted by atomic mass is 32.2. The number of hydrogen-bond donors (Lipinski definition) is 0. The zero-order valence-corrected chi connectivity index (χ0v) is 16.0. The zero-order chi connectivity index (χ0) is 18.6. The van der Waals surface area contributed by atoms with Gasteiger partial charge in [0.15, 0.2) is 0 Å². The molecule has 2 aromatic rings. The third kappa shape index (κ3) is 4.44. The predicted octanol–water partition coefficient (Wildman–Crippen LogP) is 3.48. The number of nitrogens with zero attached hydrogens (tertiary/aromatic N) is 1. The first-order valence-corrected chi connectivity index (χ1v) is 10.3. The molecule has 5 nitrogen and oxygen atoms in total. The number of ether oxygens (including phenoxy) is 2. The largest absolute Gasteiger partial charge is 0.493 e. The van der Waals surface area contributed by atoms with Gasteiger partial charge in [-0.3, -0.25) is 0 Å². The van der Waals surface area contributed by atoms with Crippen molar-refractivity contribution < 1.29 is 17.9 Å². The lowest BCUT2D eigenvalue weighted by Crippen LogP contribution is -2.42. The van der Waals surface area contributed by atoms with E-state index in [0.29, 0.717) is 38.0 Å². The van der Waals surface area contributed by atoms with E-state index in [2.05, 4.69) is 13.8 Å². The van der Waals surface area contributed by atoms with Gasteiger partial charge < -0.3 is 9.47 Å². The van der Waals surface area contributed by atoms with Crippen LogP contribution in [0.4, 0.5) is 0 Å². The van der Waals surface area contributed by atoms with Crippen LogP contribution in [0.2, 0.25) is 0 Å². The van der Waals surface area contributed by atoms with Crippen molar-refractivity contribution in [2.75, 3.05) is 26.3 Å². The van der Waals surface area contributed by atoms with Gasteiger partial charge >= 0.3 is 0 Å². The lowest BCUT2D eigenvalue weighted by atomic mass is 10.1. The van der Waals surface area contributed by atoms with Gasteiger partial charge in [-0.05, 0) is 35.7 Å². The predicted molar refractivity (Wildman–Crippen MR) is 101 cm³/mol. The van der Waals surface area contributed by atoms with Gasteiger partial charge in [0.2, 0.25) is 10.0 Å². The van der Waals surface area contributed by atoms with E-state index in [1.165, 1.54) is 4.31 Å². The van der Waals surface area contributed by atoms with Crippen molar-refractivity contribution >= 4 is 10.0 Å². The minimum Gasteiger partial charge on any atom is -0.493 e. The summed E-state index contributed by atoms with van der Waals surface area (Å²) in [6.07, 6.45) is -0.242. The third-order valence-corrected chi connectivity index (χ3v) is 6.12. The molecule has 6 heteroatoms. The fraction of sp³-hybridized carbons (Fsp3) is 0.400. The summed E-state index contributed by atoms with van der Waals surface area (Å²) >= 11 is 0. The molecule has 0 N–H and O–H groups in total. The monoisotopic (exact) mass is 375 g/mol. The highest BCUT2D eigenvalue weighted by Gasteiger charge is 2.31. The third-order valence-electron chi connectivity index (χ3n) is 4.25. The Kier molecular flexibility index (Phi) is 5.96. The first kappa shape index (κ1) is 18.9. The smallest absolute Gasteiger partial charge is 0.243 e. The van der Waals surface area contributed by atoms with Crippen LogP contribution in [0.1, 0.15) is 25.5 Å². The fourth-order valence-corrected chi connectivity index (χ4v) is 4.26. The summed E-state index contributed by atoms with van der Waals surface area (Å²) in [5.74, 6) is 1.10. The maximum Gasteiger partial charge on any atom is 0.243 e. The Morgan fingerprint density at radius 2 is 1.81 bits per heavy atom. The summed E-state index contributed by atoms with van der Waals surface area (Å²) in [4.78, 5) is 0.281. The lowest BCUT2D eigenvalue weighted by molar-refractivity contribution is -0.00255. The molecule has 0 radical (unpaired) electrons. The van der Waals surface area contributed by atoms with Crippen LogP contribution in [0, 0.1) is 5.92 Å². The van der Waals surface area contributed by atoms with E-state index in [1.54, 1.807) is 24.3 Å². The number of morpholine rings is 1. The van der Waals surface area contributed by atoms with Crippen LogP contribution in [-0.2, 0) is 14.8 Å². The van der Waals surface area contributed by atoms with Crippen molar-refractivity contribution in [3.63, 3.8) is 0 Å². The molecule has 1 heterocycles. The highest BCUT2D eigenvalue weighted by molar-refractivity contribution is 7.89. The number of rotatable bonds is 6. The van der Waals surface area contributed by atoms with E-state index in [1.807, 2.05) is 30.3 Å². The molecule has 26 heavy (non-hydrogen) atoms. The molecule has 0 aromatic heterocycles. The van der Waals surface area contributed by atoms with Gasteiger partial charge in [0.25, 0.3) is 0 Å². The van der Waals surface area contributed by atoms with Crippen LogP contribution < -0.4 is 4.74 Å². The van der Waals surface area contributed by atoms with E-state index >= 15 is 0 Å². The second kappa shape index (κ2) is 8.20. The fourth-order valence-electron chi connectivity index (χ4n) is 2.83. The molecule has 0 saturated carbocycles. The molecule has 1 fully saturated rings. The lowest BCUT2D eigenvalue weighted by Gasteiger charge is -2.32. The molecule has 1 unspecified atom stereocenters. The molecule has 1 aliphatic heterocycles. The Morgan fingerprint density at radius 3 is 2.46 bits per heavy atom. The minimum atomic E-state index is -3.55. The minimum absolute atomic E-state index is 0.242. The van der Waals surface area contributed by atoms with Crippen LogP contribution in [0.25, 0.3) is 0 Å². The van der Waals surface area contributed by atoms with Crippen molar-refractivity contribution in [1.29, 1.82) is 0 Å². The molecule has 2 aromatic carbocycles. The molecule has 1 saturated heterocycles. The van der Waals surface area contributed by atoms with Crippen molar-refractivity contribution in [3.8, 4) is 5.75 Å². The van der Waals surface area contributed by atoms with Gasteiger partial charge in [-0.25, -0.2) is 8.42 Å². The Balaban J connectivity index is 1.73. The van der Waals surface area contributed by atoms with Crippen molar-refractivity contribution in [1.82, 2.24) is 4.31 Å². The van der Waals surface area contributed by atoms with E-state index < -0.39 is 10.0 Å². The second-order valence-electron chi connectivity index (χ2n) is 6.81. The summed E-state index contributed by atoms with van der Waals surface area (Å²) in [6.45, 7) is 5.80. The van der Waals surface area contributed by atoms with Crippen LogP contribution in [-0.4, -0.2) is 39.0 Å². The normalized spacial score (nSPS) is 18.8. The van der Waals surface area contributed by atoms with Gasteiger partial charge in [-0.2, -0.15) is 4.31 Å². The standard InChI is InChI=1S/C20H25NO4S/c1-16(2)15-25-18-8-10-19(11-9-18)26(22,23)21-12-13-24-20(14-21)17-6-4-3-5-7-17/h3-11,16,20H,12-15H2,1-2H3. The van der Waals surface area contributed by atoms with Crippen LogP contribution in [0.15, 0.2) is 59.5 Å². The second-order valence-corrected chi connectivity index (χ2v) is 8.75. The maximum absolute atomic E-state index is 13.0. The summed E-state index contributed by atoms with van der Waals surface area (Å²) in [5, 5.41) is 0. The Hall–Kier alpha value is -1.89. The van der Waals surface area contributed by atoms with Crippen LogP contribution in [0.5, 0.6) is 5.75 Å². The first-order chi connectivity index (χ1) is 12.5. The average molecular weight is 375 g/mol. The highest BCUT2D eigenvalue weighted by Crippen LogP contribution is 2.27. The van der Waals surface area contributed by atoms with Gasteiger partial charge in [-0.15, -0.1) is 0 Å². The zero-order valence-electron chi connectivity index (χ0n) is 15.2. The maximum atomic E-state index is 13.0. The molecular formula is C20H25NO4S. The number of benzene rings is 2. The topological polar surface area (TPSA) is 55.8 Å². The quantitative estimate of drug-likeness (QED) is 0.776. The Morgan fingerprint density at radius 1 is 1.12 bits per heavy atom. The summed E-state index contributed by atoms with van der Waals surface area (Å²) in [7, 11) is -3.55. The number of sulfonamides is 1. The van der Waals surface area contributed by atoms with Gasteiger partial charge in [0, 0.05) is 13.1 Å². The molecule has 0 aliphatic carbocycles. The van der Waals surface area contributed by atoms with E-state index in [4.69, 9.17) is 9.47 Å². The Bertz CT molecular complexity index is 803. The summed E-state index contributed by atoms with van der Waals surface area (Å²) in [6, 6.07) is 16.4. The Labute approximate surface area is 155 Å². The number of hydrogen-bond acceptors (Lipinski definition) is 4. The summed E-state index contributed by atoms with van der Waals surface area (Å²) < 4.78 is 38.8. The van der Waals surface area contributed by atoms with Crippen molar-refractivity contribution in [2.24, 2.45) is 5.92 Å². The molecule has 3 rings (SSSR count). The summed E-state index contributed by atoms with van der Waals surface area (Å²) in [5.41, 5.74) is 0.991. The molecule has 0 amide bonds.